The zero-order valence-electron chi connectivity index (χ0n) is 11.5. The van der Waals surface area contributed by atoms with Crippen LogP contribution in [0.2, 0.25) is 0 Å². The van der Waals surface area contributed by atoms with Crippen molar-refractivity contribution in [2.24, 2.45) is 23.5 Å². The molecule has 19 heavy (non-hydrogen) atoms. The minimum atomic E-state index is 0.245. The summed E-state index contributed by atoms with van der Waals surface area (Å²) in [4.78, 5) is 6.97. The molecule has 104 valence electrons. The third-order valence-electron chi connectivity index (χ3n) is 5.42. The van der Waals surface area contributed by atoms with E-state index in [0.717, 1.165) is 43.1 Å². The van der Waals surface area contributed by atoms with Crippen LogP contribution < -0.4 is 10.6 Å². The highest BCUT2D eigenvalue weighted by Crippen LogP contribution is 2.57. The molecule has 4 unspecified atom stereocenters. The zero-order valence-corrected chi connectivity index (χ0v) is 11.5. The van der Waals surface area contributed by atoms with Gasteiger partial charge in [0.15, 0.2) is 0 Å². The second kappa shape index (κ2) is 4.20. The molecule has 4 rings (SSSR count). The van der Waals surface area contributed by atoms with E-state index in [9.17, 15) is 0 Å². The summed E-state index contributed by atoms with van der Waals surface area (Å²) in [5.74, 6) is 5.18. The average molecular weight is 261 g/mol. The summed E-state index contributed by atoms with van der Waals surface area (Å²) in [7, 11) is 0. The van der Waals surface area contributed by atoms with Gasteiger partial charge < -0.3 is 10.6 Å². The molecular weight excluding hydrogens is 238 g/mol. The van der Waals surface area contributed by atoms with Gasteiger partial charge in [0.05, 0.1) is 0 Å². The maximum atomic E-state index is 6.15. The minimum absolute atomic E-state index is 0.245. The number of nitrogens with zero attached hydrogens (tertiary/aromatic N) is 3. The molecule has 5 heteroatoms. The van der Waals surface area contributed by atoms with Crippen LogP contribution in [0.15, 0.2) is 0 Å². The van der Waals surface area contributed by atoms with Gasteiger partial charge in [-0.05, 0) is 43.4 Å². The maximum Gasteiger partial charge on any atom is 0.244 e. The molecule has 4 atom stereocenters. The Labute approximate surface area is 114 Å². The first kappa shape index (κ1) is 11.7. The quantitative estimate of drug-likeness (QED) is 0.846. The lowest BCUT2D eigenvalue weighted by Crippen LogP contribution is -2.48. The molecule has 3 fully saturated rings. The number of piperidine rings is 1. The van der Waals surface area contributed by atoms with Crippen molar-refractivity contribution >= 4 is 5.95 Å². The van der Waals surface area contributed by atoms with Crippen molar-refractivity contribution in [3.63, 3.8) is 0 Å². The van der Waals surface area contributed by atoms with Gasteiger partial charge in [-0.1, -0.05) is 6.92 Å². The van der Waals surface area contributed by atoms with Crippen LogP contribution in [0.1, 0.15) is 44.3 Å². The number of nitrogens with one attached hydrogen (secondary N) is 1. The van der Waals surface area contributed by atoms with E-state index in [1.54, 1.807) is 0 Å². The summed E-state index contributed by atoms with van der Waals surface area (Å²) >= 11 is 0. The number of anilines is 1. The molecule has 0 spiro atoms. The Balaban J connectivity index is 1.45. The molecule has 2 aliphatic carbocycles. The smallest absolute Gasteiger partial charge is 0.244 e. The van der Waals surface area contributed by atoms with Crippen LogP contribution in [0.5, 0.6) is 0 Å². The predicted octanol–water partition coefficient (Wildman–Crippen LogP) is 1.49. The predicted molar refractivity (Wildman–Crippen MR) is 73.9 cm³/mol. The SMILES string of the molecule is CC1CCN(c2n[nH]c(C3CC4CC4C3)n2)CC1N. The lowest BCUT2D eigenvalue weighted by Gasteiger charge is -2.34. The second-order valence-corrected chi connectivity index (χ2v) is 6.82. The number of hydrogen-bond donors (Lipinski definition) is 2. The van der Waals surface area contributed by atoms with Crippen LogP contribution in [0.3, 0.4) is 0 Å². The van der Waals surface area contributed by atoms with Gasteiger partial charge in [-0.25, -0.2) is 0 Å². The van der Waals surface area contributed by atoms with Gasteiger partial charge in [0.1, 0.15) is 5.82 Å². The normalized spacial score (nSPS) is 41.4. The average Bonchev–Trinajstić information content (AvgIpc) is 2.85. The second-order valence-electron chi connectivity index (χ2n) is 6.82. The lowest BCUT2D eigenvalue weighted by molar-refractivity contribution is 0.376. The van der Waals surface area contributed by atoms with E-state index in [1.165, 1.54) is 19.3 Å². The first-order valence-corrected chi connectivity index (χ1v) is 7.63. The fourth-order valence-electron chi connectivity index (χ4n) is 3.81. The van der Waals surface area contributed by atoms with E-state index in [2.05, 4.69) is 22.0 Å². The first-order chi connectivity index (χ1) is 9.20. The summed E-state index contributed by atoms with van der Waals surface area (Å²) in [6.45, 7) is 4.15. The Morgan fingerprint density at radius 2 is 2.05 bits per heavy atom. The minimum Gasteiger partial charge on any atom is -0.338 e. The van der Waals surface area contributed by atoms with Gasteiger partial charge in [0.25, 0.3) is 0 Å². The van der Waals surface area contributed by atoms with Crippen LogP contribution in [0.25, 0.3) is 0 Å². The van der Waals surface area contributed by atoms with Crippen molar-refractivity contribution in [3.8, 4) is 0 Å². The highest BCUT2D eigenvalue weighted by atomic mass is 15.4. The largest absolute Gasteiger partial charge is 0.338 e. The molecule has 0 bridgehead atoms. The van der Waals surface area contributed by atoms with Gasteiger partial charge in [-0.2, -0.15) is 4.98 Å². The number of H-pyrrole nitrogens is 1. The molecule has 1 aromatic rings. The van der Waals surface area contributed by atoms with Gasteiger partial charge in [0, 0.05) is 25.0 Å². The van der Waals surface area contributed by atoms with E-state index < -0.39 is 0 Å². The molecule has 2 heterocycles. The van der Waals surface area contributed by atoms with Gasteiger partial charge in [0.2, 0.25) is 5.95 Å². The van der Waals surface area contributed by atoms with E-state index in [1.807, 2.05) is 0 Å². The molecule has 2 saturated carbocycles. The molecule has 3 aliphatic rings. The molecule has 3 N–H and O–H groups in total. The molecule has 1 aromatic heterocycles. The van der Waals surface area contributed by atoms with E-state index in [4.69, 9.17) is 10.7 Å². The fourth-order valence-corrected chi connectivity index (χ4v) is 3.81. The highest BCUT2D eigenvalue weighted by molar-refractivity contribution is 5.31. The Hall–Kier alpha value is -1.10. The molecule has 1 saturated heterocycles. The van der Waals surface area contributed by atoms with Crippen molar-refractivity contribution in [3.05, 3.63) is 5.82 Å². The number of aromatic nitrogens is 3. The lowest BCUT2D eigenvalue weighted by atomic mass is 9.95. The number of fused-ring (bicyclic) bond motifs is 1. The third-order valence-corrected chi connectivity index (χ3v) is 5.42. The van der Waals surface area contributed by atoms with Gasteiger partial charge in [-0.15, -0.1) is 5.10 Å². The molecule has 0 radical (unpaired) electrons. The summed E-state index contributed by atoms with van der Waals surface area (Å²) in [6.07, 6.45) is 5.22. The van der Waals surface area contributed by atoms with Crippen molar-refractivity contribution in [1.29, 1.82) is 0 Å². The molecule has 1 aliphatic heterocycles. The standard InChI is InChI=1S/C14H23N5/c1-8-2-3-19(7-12(8)15)14-16-13(17-18-14)11-5-9-4-10(9)6-11/h8-12H,2-7,15H2,1H3,(H,16,17,18). The third kappa shape index (κ3) is 2.04. The number of nitrogens with two attached hydrogens (primary N) is 1. The van der Waals surface area contributed by atoms with Crippen molar-refractivity contribution < 1.29 is 0 Å². The maximum absolute atomic E-state index is 6.15. The van der Waals surface area contributed by atoms with E-state index in [-0.39, 0.29) is 6.04 Å². The summed E-state index contributed by atoms with van der Waals surface area (Å²) in [5.41, 5.74) is 6.15. The molecular formula is C14H23N5. The van der Waals surface area contributed by atoms with Crippen LogP contribution in [0.4, 0.5) is 5.95 Å². The van der Waals surface area contributed by atoms with Crippen LogP contribution >= 0.6 is 0 Å². The van der Waals surface area contributed by atoms with E-state index in [0.29, 0.717) is 11.8 Å². The Kier molecular flexibility index (Phi) is 2.59. The highest BCUT2D eigenvalue weighted by Gasteiger charge is 2.47. The molecule has 0 amide bonds. The Morgan fingerprint density at radius 3 is 2.79 bits per heavy atom. The summed E-state index contributed by atoms with van der Waals surface area (Å²) < 4.78 is 0. The van der Waals surface area contributed by atoms with Crippen molar-refractivity contribution in [2.45, 2.75) is 44.6 Å². The van der Waals surface area contributed by atoms with Crippen LogP contribution in [-0.2, 0) is 0 Å². The topological polar surface area (TPSA) is 70.8 Å². The van der Waals surface area contributed by atoms with Crippen molar-refractivity contribution in [1.82, 2.24) is 15.2 Å². The van der Waals surface area contributed by atoms with Crippen LogP contribution in [0, 0.1) is 17.8 Å². The fraction of sp³-hybridized carbons (Fsp3) is 0.857. The first-order valence-electron chi connectivity index (χ1n) is 7.63. The number of hydrogen-bond acceptors (Lipinski definition) is 4. The van der Waals surface area contributed by atoms with Gasteiger partial charge in [-0.3, -0.25) is 5.10 Å². The zero-order chi connectivity index (χ0) is 13.0. The van der Waals surface area contributed by atoms with Gasteiger partial charge >= 0.3 is 0 Å². The Morgan fingerprint density at radius 1 is 1.26 bits per heavy atom. The monoisotopic (exact) mass is 261 g/mol. The van der Waals surface area contributed by atoms with Crippen LogP contribution in [-0.4, -0.2) is 34.3 Å². The Bertz CT molecular complexity index is 460. The van der Waals surface area contributed by atoms with E-state index >= 15 is 0 Å². The molecule has 0 aromatic carbocycles. The molecule has 5 nitrogen and oxygen atoms in total. The number of rotatable bonds is 2. The van der Waals surface area contributed by atoms with Crippen molar-refractivity contribution in [2.75, 3.05) is 18.0 Å². The summed E-state index contributed by atoms with van der Waals surface area (Å²) in [5, 5.41) is 7.59. The number of aromatic amines is 1. The summed E-state index contributed by atoms with van der Waals surface area (Å²) in [6, 6.07) is 0.245.